The van der Waals surface area contributed by atoms with Crippen molar-refractivity contribution >= 4 is 23.5 Å². The molecule has 2 aromatic carbocycles. The molecule has 0 saturated heterocycles. The third kappa shape index (κ3) is 4.21. The Labute approximate surface area is 209 Å². The lowest BCUT2D eigenvalue weighted by Gasteiger charge is -2.44. The first-order valence-electron chi connectivity index (χ1n) is 11.8. The van der Waals surface area contributed by atoms with Gasteiger partial charge in [-0.3, -0.25) is 4.79 Å². The minimum atomic E-state index is -0.420. The van der Waals surface area contributed by atoms with Crippen molar-refractivity contribution in [2.45, 2.75) is 43.7 Å². The van der Waals surface area contributed by atoms with Gasteiger partial charge in [0.1, 0.15) is 0 Å². The standard InChI is InChI=1S/C26H28ClN5O3/c1-35-25(34)18-5-2-4-17(14-18)22-29-30-23-24(33)31(12-13-32(22)23)21-8-10-26(16-28,11-9-21)19-6-3-7-20(27)15-19/h2-7,14-15,21H,8-13,16,28H2,1H3. The van der Waals surface area contributed by atoms with Crippen molar-refractivity contribution in [1.29, 1.82) is 0 Å². The van der Waals surface area contributed by atoms with Crippen molar-refractivity contribution in [1.82, 2.24) is 19.7 Å². The van der Waals surface area contributed by atoms with Crippen LogP contribution in [0.5, 0.6) is 0 Å². The Bertz CT molecular complexity index is 1270. The number of amides is 1. The van der Waals surface area contributed by atoms with E-state index in [0.29, 0.717) is 36.8 Å². The lowest BCUT2D eigenvalue weighted by molar-refractivity contribution is 0.0522. The predicted octanol–water partition coefficient (Wildman–Crippen LogP) is 3.68. The van der Waals surface area contributed by atoms with Crippen LogP contribution in [0.15, 0.2) is 48.5 Å². The molecule has 9 heteroatoms. The molecule has 0 radical (unpaired) electrons. The number of rotatable bonds is 5. The number of methoxy groups -OCH3 is 1. The molecule has 2 heterocycles. The molecule has 5 rings (SSSR count). The molecule has 35 heavy (non-hydrogen) atoms. The average Bonchev–Trinajstić information content (AvgIpc) is 3.34. The summed E-state index contributed by atoms with van der Waals surface area (Å²) in [5, 5.41) is 9.24. The SMILES string of the molecule is COC(=O)c1cccc(-c2nnc3n2CCN(C2CCC(CN)(c4cccc(Cl)c4)CC2)C3=O)c1. The van der Waals surface area contributed by atoms with E-state index in [9.17, 15) is 9.59 Å². The van der Waals surface area contributed by atoms with Crippen LogP contribution in [0.3, 0.4) is 0 Å². The number of carbonyl (C=O) groups excluding carboxylic acids is 2. The van der Waals surface area contributed by atoms with E-state index < -0.39 is 5.97 Å². The van der Waals surface area contributed by atoms with Crippen LogP contribution in [0.25, 0.3) is 11.4 Å². The van der Waals surface area contributed by atoms with Crippen molar-refractivity contribution in [3.63, 3.8) is 0 Å². The van der Waals surface area contributed by atoms with Crippen molar-refractivity contribution in [2.75, 3.05) is 20.2 Å². The summed E-state index contributed by atoms with van der Waals surface area (Å²) in [5.74, 6) is 0.383. The highest BCUT2D eigenvalue weighted by molar-refractivity contribution is 6.30. The van der Waals surface area contributed by atoms with Crippen LogP contribution in [0.1, 0.15) is 52.2 Å². The molecule has 1 aliphatic carbocycles. The van der Waals surface area contributed by atoms with Crippen LogP contribution >= 0.6 is 11.6 Å². The molecule has 1 saturated carbocycles. The van der Waals surface area contributed by atoms with Gasteiger partial charge in [-0.2, -0.15) is 0 Å². The van der Waals surface area contributed by atoms with E-state index in [1.54, 1.807) is 18.2 Å². The van der Waals surface area contributed by atoms with Crippen LogP contribution in [0, 0.1) is 0 Å². The molecule has 0 atom stereocenters. The zero-order valence-corrected chi connectivity index (χ0v) is 20.4. The first-order valence-corrected chi connectivity index (χ1v) is 12.2. The summed E-state index contributed by atoms with van der Waals surface area (Å²) in [4.78, 5) is 27.3. The summed E-state index contributed by atoms with van der Waals surface area (Å²) >= 11 is 6.25. The number of nitrogens with two attached hydrogens (primary N) is 1. The largest absolute Gasteiger partial charge is 0.465 e. The molecule has 2 aliphatic rings. The highest BCUT2D eigenvalue weighted by Gasteiger charge is 2.41. The van der Waals surface area contributed by atoms with E-state index in [1.807, 2.05) is 33.7 Å². The number of hydrogen-bond acceptors (Lipinski definition) is 6. The van der Waals surface area contributed by atoms with Gasteiger partial charge in [-0.25, -0.2) is 4.79 Å². The Morgan fingerprint density at radius 1 is 1.11 bits per heavy atom. The fourth-order valence-corrected chi connectivity index (χ4v) is 5.66. The summed E-state index contributed by atoms with van der Waals surface area (Å²) in [6.45, 7) is 1.74. The lowest BCUT2D eigenvalue weighted by Crippen LogP contribution is -2.50. The number of carbonyl (C=O) groups is 2. The van der Waals surface area contributed by atoms with Crippen LogP contribution in [-0.4, -0.2) is 57.8 Å². The maximum Gasteiger partial charge on any atom is 0.337 e. The molecule has 2 N–H and O–H groups in total. The van der Waals surface area contributed by atoms with Gasteiger partial charge in [-0.1, -0.05) is 35.9 Å². The molecule has 1 aliphatic heterocycles. The topological polar surface area (TPSA) is 103 Å². The molecule has 0 bridgehead atoms. The maximum atomic E-state index is 13.4. The van der Waals surface area contributed by atoms with E-state index >= 15 is 0 Å². The fourth-order valence-electron chi connectivity index (χ4n) is 5.47. The van der Waals surface area contributed by atoms with Gasteiger partial charge in [0, 0.05) is 41.7 Å². The molecule has 1 aromatic heterocycles. The van der Waals surface area contributed by atoms with Crippen LogP contribution in [0.4, 0.5) is 0 Å². The molecular formula is C26H28ClN5O3. The van der Waals surface area contributed by atoms with Gasteiger partial charge in [0.2, 0.25) is 5.82 Å². The molecule has 182 valence electrons. The van der Waals surface area contributed by atoms with Gasteiger partial charge in [-0.15, -0.1) is 10.2 Å². The van der Waals surface area contributed by atoms with Crippen LogP contribution in [0.2, 0.25) is 5.02 Å². The summed E-state index contributed by atoms with van der Waals surface area (Å²) < 4.78 is 6.66. The van der Waals surface area contributed by atoms with E-state index in [1.165, 1.54) is 12.7 Å². The van der Waals surface area contributed by atoms with Crippen LogP contribution in [-0.2, 0) is 16.7 Å². The zero-order valence-electron chi connectivity index (χ0n) is 19.6. The van der Waals surface area contributed by atoms with Crippen molar-refractivity contribution < 1.29 is 14.3 Å². The van der Waals surface area contributed by atoms with Crippen molar-refractivity contribution in [3.05, 3.63) is 70.5 Å². The molecule has 1 amide bonds. The monoisotopic (exact) mass is 493 g/mol. The number of hydrogen-bond donors (Lipinski definition) is 1. The van der Waals surface area contributed by atoms with E-state index in [-0.39, 0.29) is 17.4 Å². The molecular weight excluding hydrogens is 466 g/mol. The fraction of sp³-hybridized carbons (Fsp3) is 0.385. The number of ether oxygens (including phenoxy) is 1. The Morgan fingerprint density at radius 3 is 2.57 bits per heavy atom. The number of nitrogens with zero attached hydrogens (tertiary/aromatic N) is 4. The summed E-state index contributed by atoms with van der Waals surface area (Å²) in [6.07, 6.45) is 3.54. The highest BCUT2D eigenvalue weighted by Crippen LogP contribution is 2.41. The van der Waals surface area contributed by atoms with E-state index in [2.05, 4.69) is 16.3 Å². The smallest absolute Gasteiger partial charge is 0.337 e. The second-order valence-electron chi connectivity index (χ2n) is 9.30. The second-order valence-corrected chi connectivity index (χ2v) is 9.73. The molecule has 1 fully saturated rings. The lowest BCUT2D eigenvalue weighted by atomic mass is 9.68. The molecule has 0 spiro atoms. The van der Waals surface area contributed by atoms with Gasteiger partial charge in [0.15, 0.2) is 5.82 Å². The van der Waals surface area contributed by atoms with Gasteiger partial charge < -0.3 is 19.9 Å². The first kappa shape index (κ1) is 23.5. The van der Waals surface area contributed by atoms with Gasteiger partial charge in [0.05, 0.1) is 12.7 Å². The predicted molar refractivity (Wildman–Crippen MR) is 132 cm³/mol. The Kier molecular flexibility index (Phi) is 6.34. The molecule has 3 aromatic rings. The average molecular weight is 494 g/mol. The maximum absolute atomic E-state index is 13.4. The van der Waals surface area contributed by atoms with Gasteiger partial charge in [-0.05, 0) is 55.5 Å². The van der Waals surface area contributed by atoms with Crippen molar-refractivity contribution in [3.8, 4) is 11.4 Å². The molecule has 0 unspecified atom stereocenters. The van der Waals surface area contributed by atoms with E-state index in [4.69, 9.17) is 22.1 Å². The Hall–Kier alpha value is -3.23. The molecule has 8 nitrogen and oxygen atoms in total. The summed E-state index contributed by atoms with van der Waals surface area (Å²) in [5.41, 5.74) is 8.47. The van der Waals surface area contributed by atoms with Crippen LogP contribution < -0.4 is 5.73 Å². The minimum Gasteiger partial charge on any atom is -0.465 e. The quantitative estimate of drug-likeness (QED) is 0.544. The normalized spacial score (nSPS) is 22.1. The number of benzene rings is 2. The number of halogens is 1. The minimum absolute atomic E-state index is 0.105. The summed E-state index contributed by atoms with van der Waals surface area (Å²) in [7, 11) is 1.35. The van der Waals surface area contributed by atoms with E-state index in [0.717, 1.165) is 36.3 Å². The van der Waals surface area contributed by atoms with Crippen molar-refractivity contribution in [2.24, 2.45) is 5.73 Å². The first-order chi connectivity index (χ1) is 17.0. The number of fused-ring (bicyclic) bond motifs is 1. The number of esters is 1. The van der Waals surface area contributed by atoms with Gasteiger partial charge >= 0.3 is 5.97 Å². The Balaban J connectivity index is 1.33. The Morgan fingerprint density at radius 2 is 1.86 bits per heavy atom. The zero-order chi connectivity index (χ0) is 24.6. The number of aromatic nitrogens is 3. The summed E-state index contributed by atoms with van der Waals surface area (Å²) in [6, 6.07) is 15.1. The highest BCUT2D eigenvalue weighted by atomic mass is 35.5. The third-order valence-corrected chi connectivity index (χ3v) is 7.73. The van der Waals surface area contributed by atoms with Gasteiger partial charge in [0.25, 0.3) is 5.91 Å². The third-order valence-electron chi connectivity index (χ3n) is 7.49. The second kappa shape index (κ2) is 9.43.